The van der Waals surface area contributed by atoms with E-state index in [9.17, 15) is 15.0 Å². The van der Waals surface area contributed by atoms with Crippen LogP contribution < -0.4 is 10.1 Å². The van der Waals surface area contributed by atoms with Gasteiger partial charge < -0.3 is 25.0 Å². The van der Waals surface area contributed by atoms with Crippen LogP contribution in [0.1, 0.15) is 30.9 Å². The first kappa shape index (κ1) is 20.6. The standard InChI is InChI=1S/C21H27NO5/c1-5-16-17(23)12-18(24)20(14-7-6-8-15(11-14)27-4)19(16)13(2)21(25)22-9-10-26-3/h6-8,11-13,23-24H,5,9-10H2,1-4H3,(H,22,25). The summed E-state index contributed by atoms with van der Waals surface area (Å²) in [5.74, 6) is -0.231. The van der Waals surface area contributed by atoms with Gasteiger partial charge in [0.25, 0.3) is 0 Å². The molecule has 3 N–H and O–H groups in total. The lowest BCUT2D eigenvalue weighted by atomic mass is 9.85. The van der Waals surface area contributed by atoms with E-state index in [2.05, 4.69) is 5.32 Å². The number of hydrogen-bond acceptors (Lipinski definition) is 5. The quantitative estimate of drug-likeness (QED) is 0.619. The third kappa shape index (κ3) is 4.52. The summed E-state index contributed by atoms with van der Waals surface area (Å²) in [6.07, 6.45) is 0.522. The average molecular weight is 373 g/mol. The van der Waals surface area contributed by atoms with Gasteiger partial charge in [0, 0.05) is 25.3 Å². The Labute approximate surface area is 159 Å². The van der Waals surface area contributed by atoms with Gasteiger partial charge in [0.2, 0.25) is 5.91 Å². The molecule has 1 amide bonds. The predicted molar refractivity (Wildman–Crippen MR) is 104 cm³/mol. The second-order valence-corrected chi connectivity index (χ2v) is 6.27. The fourth-order valence-corrected chi connectivity index (χ4v) is 3.21. The van der Waals surface area contributed by atoms with Crippen molar-refractivity contribution in [2.24, 2.45) is 0 Å². The average Bonchev–Trinajstić information content (AvgIpc) is 2.67. The van der Waals surface area contributed by atoms with E-state index in [0.29, 0.717) is 47.6 Å². The molecule has 0 heterocycles. The number of amides is 1. The van der Waals surface area contributed by atoms with Crippen LogP contribution >= 0.6 is 0 Å². The lowest BCUT2D eigenvalue weighted by molar-refractivity contribution is -0.122. The van der Waals surface area contributed by atoms with Gasteiger partial charge in [-0.2, -0.15) is 0 Å². The highest BCUT2D eigenvalue weighted by Gasteiger charge is 2.26. The molecule has 0 aliphatic heterocycles. The molecule has 0 saturated carbocycles. The fourth-order valence-electron chi connectivity index (χ4n) is 3.21. The second kappa shape index (κ2) is 9.28. The number of benzene rings is 2. The Morgan fingerprint density at radius 2 is 1.93 bits per heavy atom. The maximum Gasteiger partial charge on any atom is 0.227 e. The minimum atomic E-state index is -0.573. The van der Waals surface area contributed by atoms with Crippen LogP contribution in [0, 0.1) is 0 Å². The Hall–Kier alpha value is -2.73. The molecule has 0 aromatic heterocycles. The third-order valence-corrected chi connectivity index (χ3v) is 4.58. The summed E-state index contributed by atoms with van der Waals surface area (Å²) in [4.78, 5) is 12.7. The van der Waals surface area contributed by atoms with Crippen LogP contribution in [-0.4, -0.2) is 43.5 Å². The van der Waals surface area contributed by atoms with Crippen LogP contribution in [0.25, 0.3) is 11.1 Å². The smallest absolute Gasteiger partial charge is 0.227 e. The summed E-state index contributed by atoms with van der Waals surface area (Å²) in [6.45, 7) is 4.47. The van der Waals surface area contributed by atoms with Crippen LogP contribution in [0.2, 0.25) is 0 Å². The van der Waals surface area contributed by atoms with Gasteiger partial charge >= 0.3 is 0 Å². The minimum absolute atomic E-state index is 0.0202. The molecule has 0 radical (unpaired) electrons. The molecule has 6 heteroatoms. The molecule has 27 heavy (non-hydrogen) atoms. The molecule has 1 unspecified atom stereocenters. The molecule has 0 saturated heterocycles. The van der Waals surface area contributed by atoms with Crippen molar-refractivity contribution < 1.29 is 24.5 Å². The van der Waals surface area contributed by atoms with Gasteiger partial charge in [0.05, 0.1) is 19.6 Å². The Morgan fingerprint density at radius 3 is 2.56 bits per heavy atom. The second-order valence-electron chi connectivity index (χ2n) is 6.27. The monoisotopic (exact) mass is 373 g/mol. The highest BCUT2D eigenvalue weighted by molar-refractivity contribution is 5.89. The van der Waals surface area contributed by atoms with Gasteiger partial charge in [-0.1, -0.05) is 19.1 Å². The van der Waals surface area contributed by atoms with E-state index < -0.39 is 5.92 Å². The Kier molecular flexibility index (Phi) is 7.07. The normalized spacial score (nSPS) is 11.9. The number of phenols is 2. The van der Waals surface area contributed by atoms with Crippen molar-refractivity contribution in [1.29, 1.82) is 0 Å². The number of ether oxygens (including phenoxy) is 2. The van der Waals surface area contributed by atoms with E-state index in [1.807, 2.05) is 25.1 Å². The molecule has 0 fully saturated rings. The van der Waals surface area contributed by atoms with E-state index in [-0.39, 0.29) is 17.4 Å². The van der Waals surface area contributed by atoms with E-state index in [1.54, 1.807) is 27.2 Å². The van der Waals surface area contributed by atoms with Gasteiger partial charge in [-0.3, -0.25) is 4.79 Å². The third-order valence-electron chi connectivity index (χ3n) is 4.58. The Balaban J connectivity index is 2.60. The molecular weight excluding hydrogens is 346 g/mol. The lowest BCUT2D eigenvalue weighted by Crippen LogP contribution is -2.31. The number of methoxy groups -OCH3 is 2. The van der Waals surface area contributed by atoms with Crippen LogP contribution in [-0.2, 0) is 16.0 Å². The molecular formula is C21H27NO5. The number of aromatic hydroxyl groups is 2. The van der Waals surface area contributed by atoms with Crippen molar-refractivity contribution in [2.45, 2.75) is 26.2 Å². The van der Waals surface area contributed by atoms with Crippen molar-refractivity contribution in [3.05, 3.63) is 41.5 Å². The summed E-state index contributed by atoms with van der Waals surface area (Å²) in [7, 11) is 3.14. The first-order chi connectivity index (χ1) is 12.9. The number of carbonyl (C=O) groups is 1. The van der Waals surface area contributed by atoms with Gasteiger partial charge in [-0.15, -0.1) is 0 Å². The van der Waals surface area contributed by atoms with Crippen molar-refractivity contribution in [2.75, 3.05) is 27.4 Å². The predicted octanol–water partition coefficient (Wildman–Crippen LogP) is 3.20. The highest BCUT2D eigenvalue weighted by atomic mass is 16.5. The fraction of sp³-hybridized carbons (Fsp3) is 0.381. The van der Waals surface area contributed by atoms with E-state index in [1.165, 1.54) is 6.07 Å². The zero-order valence-corrected chi connectivity index (χ0v) is 16.2. The van der Waals surface area contributed by atoms with Crippen molar-refractivity contribution in [1.82, 2.24) is 5.32 Å². The van der Waals surface area contributed by atoms with Crippen LogP contribution in [0.15, 0.2) is 30.3 Å². The topological polar surface area (TPSA) is 88.0 Å². The first-order valence-corrected chi connectivity index (χ1v) is 8.93. The number of nitrogens with one attached hydrogen (secondary N) is 1. The Bertz CT molecular complexity index is 803. The molecule has 0 spiro atoms. The summed E-state index contributed by atoms with van der Waals surface area (Å²) < 4.78 is 10.3. The van der Waals surface area contributed by atoms with Gasteiger partial charge in [0.15, 0.2) is 0 Å². The van der Waals surface area contributed by atoms with Gasteiger partial charge in [-0.25, -0.2) is 0 Å². The van der Waals surface area contributed by atoms with E-state index >= 15 is 0 Å². The van der Waals surface area contributed by atoms with Gasteiger partial charge in [0.1, 0.15) is 17.2 Å². The molecule has 0 aliphatic carbocycles. The molecule has 0 bridgehead atoms. The van der Waals surface area contributed by atoms with E-state index in [4.69, 9.17) is 9.47 Å². The number of carbonyl (C=O) groups excluding carboxylic acids is 1. The van der Waals surface area contributed by atoms with Crippen molar-refractivity contribution in [3.63, 3.8) is 0 Å². The SMILES string of the molecule is CCc1c(O)cc(O)c(-c2cccc(OC)c2)c1C(C)C(=O)NCCOC. The van der Waals surface area contributed by atoms with Crippen LogP contribution in [0.5, 0.6) is 17.2 Å². The number of phenolic OH excluding ortho intramolecular Hbond substituents is 2. The van der Waals surface area contributed by atoms with E-state index in [0.717, 1.165) is 0 Å². The van der Waals surface area contributed by atoms with Crippen LogP contribution in [0.3, 0.4) is 0 Å². The summed E-state index contributed by atoms with van der Waals surface area (Å²) in [6, 6.07) is 8.59. The molecule has 0 aliphatic rings. The molecule has 2 aromatic carbocycles. The van der Waals surface area contributed by atoms with Gasteiger partial charge in [-0.05, 0) is 42.2 Å². The van der Waals surface area contributed by atoms with Crippen molar-refractivity contribution >= 4 is 5.91 Å². The lowest BCUT2D eigenvalue weighted by Gasteiger charge is -2.22. The zero-order valence-electron chi connectivity index (χ0n) is 16.2. The van der Waals surface area contributed by atoms with Crippen molar-refractivity contribution in [3.8, 4) is 28.4 Å². The Morgan fingerprint density at radius 1 is 1.19 bits per heavy atom. The molecule has 6 nitrogen and oxygen atoms in total. The molecule has 2 rings (SSSR count). The first-order valence-electron chi connectivity index (χ1n) is 8.93. The summed E-state index contributed by atoms with van der Waals surface area (Å²) in [5.41, 5.74) is 2.49. The number of rotatable bonds is 8. The zero-order chi connectivity index (χ0) is 20.0. The minimum Gasteiger partial charge on any atom is -0.508 e. The molecule has 1 atom stereocenters. The molecule has 2 aromatic rings. The summed E-state index contributed by atoms with van der Waals surface area (Å²) >= 11 is 0. The largest absolute Gasteiger partial charge is 0.508 e. The molecule has 146 valence electrons. The maximum absolute atomic E-state index is 12.7. The number of hydrogen-bond donors (Lipinski definition) is 3. The maximum atomic E-state index is 12.7. The summed E-state index contributed by atoms with van der Waals surface area (Å²) in [5, 5.41) is 23.8. The van der Waals surface area contributed by atoms with Crippen LogP contribution in [0.4, 0.5) is 0 Å². The highest BCUT2D eigenvalue weighted by Crippen LogP contribution is 2.43.